The molecule has 1 saturated carbocycles. The average Bonchev–Trinajstić information content (AvgIpc) is 2.94. The Kier molecular flexibility index (Phi) is 5.27. The molecule has 0 aliphatic heterocycles. The summed E-state index contributed by atoms with van der Waals surface area (Å²) in [6.07, 6.45) is 4.92. The number of aliphatic carboxylic acids is 1. The van der Waals surface area contributed by atoms with Crippen LogP contribution in [0.5, 0.6) is 0 Å². The molecule has 0 spiro atoms. The average molecular weight is 311 g/mol. The molecular weight excluding hydrogens is 290 g/mol. The van der Waals surface area contributed by atoms with E-state index in [1.807, 2.05) is 13.8 Å². The maximum atomic E-state index is 12.3. The number of carbonyl (C=O) groups is 2. The molecule has 6 nitrogen and oxygen atoms in total. The Bertz CT molecular complexity index is 509. The number of rotatable bonds is 5. The first kappa shape index (κ1) is 15.9. The number of carboxylic acid groups (broad SMARTS) is 1. The molecule has 2 N–H and O–H groups in total. The highest BCUT2D eigenvalue weighted by atomic mass is 32.1. The largest absolute Gasteiger partial charge is 0.480 e. The Labute approximate surface area is 128 Å². The fourth-order valence-electron chi connectivity index (χ4n) is 2.79. The second kappa shape index (κ2) is 6.98. The zero-order chi connectivity index (χ0) is 15.4. The zero-order valence-electron chi connectivity index (χ0n) is 12.3. The summed E-state index contributed by atoms with van der Waals surface area (Å²) in [5.74, 6) is -1.23. The summed E-state index contributed by atoms with van der Waals surface area (Å²) in [7, 11) is 0. The van der Waals surface area contributed by atoms with Crippen LogP contribution in [-0.2, 0) is 4.79 Å². The molecule has 1 heterocycles. The molecule has 7 heteroatoms. The number of carbonyl (C=O) groups excluding carboxylic acids is 1. The number of hydrogen-bond donors (Lipinski definition) is 2. The third-order valence-electron chi connectivity index (χ3n) is 3.94. The Morgan fingerprint density at radius 1 is 1.29 bits per heavy atom. The normalized spacial score (nSPS) is 17.7. The Hall–Kier alpha value is -1.50. The van der Waals surface area contributed by atoms with Crippen molar-refractivity contribution in [2.24, 2.45) is 5.92 Å². The van der Waals surface area contributed by atoms with Gasteiger partial charge in [0.2, 0.25) is 0 Å². The van der Waals surface area contributed by atoms with Gasteiger partial charge >= 0.3 is 5.97 Å². The van der Waals surface area contributed by atoms with Crippen LogP contribution in [0.3, 0.4) is 0 Å². The molecule has 116 valence electrons. The summed E-state index contributed by atoms with van der Waals surface area (Å²) in [5.41, 5.74) is 0.630. The zero-order valence-corrected chi connectivity index (χ0v) is 13.2. The molecule has 2 rings (SSSR count). The molecule has 0 bridgehead atoms. The van der Waals surface area contributed by atoms with E-state index in [2.05, 4.69) is 14.9 Å². The third-order valence-corrected chi connectivity index (χ3v) is 4.68. The van der Waals surface area contributed by atoms with Crippen LogP contribution in [0.4, 0.5) is 0 Å². The molecule has 1 aliphatic carbocycles. The van der Waals surface area contributed by atoms with Crippen molar-refractivity contribution in [3.63, 3.8) is 0 Å². The summed E-state index contributed by atoms with van der Waals surface area (Å²) in [5, 5.41) is 16.0. The van der Waals surface area contributed by atoms with Crippen molar-refractivity contribution in [2.75, 3.05) is 0 Å². The minimum absolute atomic E-state index is 0.0172. The molecule has 1 unspecified atom stereocenters. The highest BCUT2D eigenvalue weighted by Crippen LogP contribution is 2.27. The first-order valence-electron chi connectivity index (χ1n) is 7.36. The van der Waals surface area contributed by atoms with E-state index in [9.17, 15) is 14.7 Å². The molecular formula is C14H21N3O3S. The van der Waals surface area contributed by atoms with E-state index in [1.165, 1.54) is 0 Å². The summed E-state index contributed by atoms with van der Waals surface area (Å²) in [6.45, 7) is 3.87. The Morgan fingerprint density at radius 2 is 1.95 bits per heavy atom. The minimum Gasteiger partial charge on any atom is -0.480 e. The fraction of sp³-hybridized carbons (Fsp3) is 0.714. The molecule has 1 amide bonds. The van der Waals surface area contributed by atoms with Gasteiger partial charge in [0.1, 0.15) is 10.9 Å². The van der Waals surface area contributed by atoms with Crippen LogP contribution in [-0.4, -0.2) is 32.6 Å². The Balaban J connectivity index is 2.11. The summed E-state index contributed by atoms with van der Waals surface area (Å²) >= 11 is 1.02. The predicted molar refractivity (Wildman–Crippen MR) is 79.5 cm³/mol. The smallest absolute Gasteiger partial charge is 0.326 e. The SMILES string of the molecule is CC(C)c1nnsc1C(=O)NC(C(=O)O)C1CCCCC1. The van der Waals surface area contributed by atoms with E-state index < -0.39 is 12.0 Å². The highest BCUT2D eigenvalue weighted by Gasteiger charge is 2.32. The van der Waals surface area contributed by atoms with Crippen molar-refractivity contribution in [1.29, 1.82) is 0 Å². The number of nitrogens with one attached hydrogen (secondary N) is 1. The maximum Gasteiger partial charge on any atom is 0.326 e. The number of carboxylic acids is 1. The van der Waals surface area contributed by atoms with Gasteiger partial charge in [0.05, 0.1) is 5.69 Å². The Morgan fingerprint density at radius 3 is 2.52 bits per heavy atom. The van der Waals surface area contributed by atoms with E-state index in [-0.39, 0.29) is 17.7 Å². The number of amides is 1. The molecule has 1 aromatic rings. The van der Waals surface area contributed by atoms with Gasteiger partial charge in [-0.15, -0.1) is 5.10 Å². The minimum atomic E-state index is -0.959. The summed E-state index contributed by atoms with van der Waals surface area (Å²) < 4.78 is 3.81. The first-order chi connectivity index (χ1) is 10.0. The van der Waals surface area contributed by atoms with Crippen molar-refractivity contribution >= 4 is 23.4 Å². The lowest BCUT2D eigenvalue weighted by atomic mass is 9.84. The molecule has 1 fully saturated rings. The van der Waals surface area contributed by atoms with E-state index in [0.29, 0.717) is 10.6 Å². The topological polar surface area (TPSA) is 92.2 Å². The van der Waals surface area contributed by atoms with Gasteiger partial charge in [0, 0.05) is 0 Å². The molecule has 1 aliphatic rings. The van der Waals surface area contributed by atoms with Gasteiger partial charge in [0.15, 0.2) is 0 Å². The van der Waals surface area contributed by atoms with E-state index in [1.54, 1.807) is 0 Å². The summed E-state index contributed by atoms with van der Waals surface area (Å²) in [6, 6.07) is -0.820. The standard InChI is InChI=1S/C14H21N3O3S/c1-8(2)10-12(21-17-16-10)13(18)15-11(14(19)20)9-6-4-3-5-7-9/h8-9,11H,3-7H2,1-2H3,(H,15,18)(H,19,20). The first-order valence-corrected chi connectivity index (χ1v) is 8.14. The van der Waals surface area contributed by atoms with Crippen molar-refractivity contribution in [1.82, 2.24) is 14.9 Å². The van der Waals surface area contributed by atoms with Gasteiger partial charge in [-0.1, -0.05) is 37.6 Å². The van der Waals surface area contributed by atoms with Crippen LogP contribution in [0.25, 0.3) is 0 Å². The van der Waals surface area contributed by atoms with Crippen LogP contribution in [0, 0.1) is 5.92 Å². The number of nitrogens with zero attached hydrogens (tertiary/aromatic N) is 2. The van der Waals surface area contributed by atoms with Crippen molar-refractivity contribution in [3.05, 3.63) is 10.6 Å². The van der Waals surface area contributed by atoms with Crippen LogP contribution in [0.1, 0.15) is 67.2 Å². The van der Waals surface area contributed by atoms with Crippen LogP contribution in [0.15, 0.2) is 0 Å². The molecule has 1 aromatic heterocycles. The third kappa shape index (κ3) is 3.78. The van der Waals surface area contributed by atoms with Gasteiger partial charge in [-0.3, -0.25) is 4.79 Å². The van der Waals surface area contributed by atoms with Crippen LogP contribution >= 0.6 is 11.5 Å². The molecule has 0 radical (unpaired) electrons. The summed E-state index contributed by atoms with van der Waals surface area (Å²) in [4.78, 5) is 24.2. The number of aromatic nitrogens is 2. The highest BCUT2D eigenvalue weighted by molar-refractivity contribution is 7.08. The molecule has 0 aromatic carbocycles. The lowest BCUT2D eigenvalue weighted by molar-refractivity contribution is -0.141. The lowest BCUT2D eigenvalue weighted by Crippen LogP contribution is -2.46. The van der Waals surface area contributed by atoms with E-state index in [4.69, 9.17) is 0 Å². The van der Waals surface area contributed by atoms with Crippen molar-refractivity contribution < 1.29 is 14.7 Å². The quantitative estimate of drug-likeness (QED) is 0.871. The molecule has 0 saturated heterocycles. The fourth-order valence-corrected chi connectivity index (χ4v) is 3.51. The van der Waals surface area contributed by atoms with E-state index >= 15 is 0 Å². The van der Waals surface area contributed by atoms with Crippen molar-refractivity contribution in [3.8, 4) is 0 Å². The number of hydrogen-bond acceptors (Lipinski definition) is 5. The molecule has 21 heavy (non-hydrogen) atoms. The van der Waals surface area contributed by atoms with Crippen molar-refractivity contribution in [2.45, 2.75) is 57.9 Å². The van der Waals surface area contributed by atoms with Gasteiger partial charge in [-0.05, 0) is 36.2 Å². The maximum absolute atomic E-state index is 12.3. The lowest BCUT2D eigenvalue weighted by Gasteiger charge is -2.27. The molecule has 1 atom stereocenters. The second-order valence-electron chi connectivity index (χ2n) is 5.83. The van der Waals surface area contributed by atoms with Crippen LogP contribution < -0.4 is 5.32 Å². The van der Waals surface area contributed by atoms with Gasteiger partial charge in [-0.2, -0.15) is 0 Å². The second-order valence-corrected chi connectivity index (χ2v) is 6.58. The predicted octanol–water partition coefficient (Wildman–Crippen LogP) is 2.42. The van der Waals surface area contributed by atoms with Crippen LogP contribution in [0.2, 0.25) is 0 Å². The van der Waals surface area contributed by atoms with Gasteiger partial charge in [0.25, 0.3) is 5.91 Å². The van der Waals surface area contributed by atoms with E-state index in [0.717, 1.165) is 43.6 Å². The van der Waals surface area contributed by atoms with Gasteiger partial charge in [-0.25, -0.2) is 4.79 Å². The monoisotopic (exact) mass is 311 g/mol. The van der Waals surface area contributed by atoms with Gasteiger partial charge < -0.3 is 10.4 Å².